The zero-order chi connectivity index (χ0) is 15.1. The van der Waals surface area contributed by atoms with E-state index in [1.807, 2.05) is 42.5 Å². The van der Waals surface area contributed by atoms with E-state index in [4.69, 9.17) is 0 Å². The molecule has 2 aromatic carbocycles. The second-order valence-corrected chi connectivity index (χ2v) is 5.99. The van der Waals surface area contributed by atoms with E-state index in [9.17, 15) is 9.90 Å². The summed E-state index contributed by atoms with van der Waals surface area (Å²) in [4.78, 5) is 13.2. The van der Waals surface area contributed by atoms with Crippen LogP contribution in [0.4, 0.5) is 10.5 Å². The van der Waals surface area contributed by atoms with Gasteiger partial charge >= 0.3 is 6.09 Å². The fraction of sp³-hybridized carbons (Fsp3) is 0.278. The average molecular weight is 294 g/mol. The molecule has 22 heavy (non-hydrogen) atoms. The quantitative estimate of drug-likeness (QED) is 0.839. The Bertz CT molecular complexity index is 701. The van der Waals surface area contributed by atoms with E-state index in [0.717, 1.165) is 17.7 Å². The van der Waals surface area contributed by atoms with Gasteiger partial charge in [0.25, 0.3) is 0 Å². The zero-order valence-corrected chi connectivity index (χ0v) is 12.1. The Hall–Kier alpha value is -2.49. The number of carbonyl (C=O) groups is 1. The summed E-state index contributed by atoms with van der Waals surface area (Å²) in [7, 11) is 0. The van der Waals surface area contributed by atoms with Crippen LogP contribution in [0.1, 0.15) is 29.6 Å². The summed E-state index contributed by atoms with van der Waals surface area (Å²) < 4.78 is 0. The van der Waals surface area contributed by atoms with E-state index < -0.39 is 6.09 Å². The Labute approximate surface area is 129 Å². The number of amides is 1. The fourth-order valence-electron chi connectivity index (χ4n) is 3.93. The van der Waals surface area contributed by atoms with E-state index in [1.165, 1.54) is 5.56 Å². The van der Waals surface area contributed by atoms with Crippen molar-refractivity contribution in [1.82, 2.24) is 4.90 Å². The van der Waals surface area contributed by atoms with E-state index in [-0.39, 0.29) is 18.0 Å². The lowest BCUT2D eigenvalue weighted by atomic mass is 9.80. The van der Waals surface area contributed by atoms with Crippen molar-refractivity contribution in [1.29, 1.82) is 0 Å². The lowest BCUT2D eigenvalue weighted by Gasteiger charge is -2.39. The number of hydrogen-bond acceptors (Lipinski definition) is 2. The maximum atomic E-state index is 11.6. The summed E-state index contributed by atoms with van der Waals surface area (Å²) >= 11 is 0. The topological polar surface area (TPSA) is 52.6 Å². The minimum absolute atomic E-state index is 0.0554. The van der Waals surface area contributed by atoms with Crippen LogP contribution in [-0.2, 0) is 0 Å². The molecule has 112 valence electrons. The first-order valence-electron chi connectivity index (χ1n) is 7.65. The van der Waals surface area contributed by atoms with Crippen molar-refractivity contribution in [3.63, 3.8) is 0 Å². The molecule has 4 rings (SSSR count). The van der Waals surface area contributed by atoms with Gasteiger partial charge in [-0.2, -0.15) is 0 Å². The highest BCUT2D eigenvalue weighted by Crippen LogP contribution is 2.50. The lowest BCUT2D eigenvalue weighted by Crippen LogP contribution is -2.36. The highest BCUT2D eigenvalue weighted by atomic mass is 16.4. The summed E-state index contributed by atoms with van der Waals surface area (Å²) in [5, 5.41) is 13.2. The average Bonchev–Trinajstić information content (AvgIpc) is 3.00. The Balaban J connectivity index is 1.81. The van der Waals surface area contributed by atoms with Crippen molar-refractivity contribution < 1.29 is 9.90 Å². The molecule has 0 aromatic heterocycles. The molecule has 4 nitrogen and oxygen atoms in total. The number of hydrogen-bond donors (Lipinski definition) is 2. The maximum Gasteiger partial charge on any atom is 0.407 e. The second kappa shape index (κ2) is 5.05. The SMILES string of the molecule is O=C(O)N1CCC2C(c3ccccc3)Nc3ccccc3[C@@H]21. The van der Waals surface area contributed by atoms with Crippen LogP contribution >= 0.6 is 0 Å². The van der Waals surface area contributed by atoms with E-state index in [1.54, 1.807) is 4.90 Å². The van der Waals surface area contributed by atoms with Crippen LogP contribution in [-0.4, -0.2) is 22.6 Å². The number of anilines is 1. The Kier molecular flexibility index (Phi) is 3.03. The Morgan fingerprint density at radius 2 is 1.82 bits per heavy atom. The second-order valence-electron chi connectivity index (χ2n) is 5.99. The molecular formula is C18H18N2O2. The van der Waals surface area contributed by atoms with E-state index in [2.05, 4.69) is 17.4 Å². The fourth-order valence-corrected chi connectivity index (χ4v) is 3.93. The maximum absolute atomic E-state index is 11.6. The first kappa shape index (κ1) is 13.2. The van der Waals surface area contributed by atoms with Crippen LogP contribution in [0.2, 0.25) is 0 Å². The van der Waals surface area contributed by atoms with Crippen molar-refractivity contribution in [3.05, 3.63) is 65.7 Å². The monoisotopic (exact) mass is 294 g/mol. The Morgan fingerprint density at radius 1 is 1.09 bits per heavy atom. The van der Waals surface area contributed by atoms with Crippen LogP contribution in [0.15, 0.2) is 54.6 Å². The molecule has 2 aromatic rings. The van der Waals surface area contributed by atoms with Crippen molar-refractivity contribution in [2.24, 2.45) is 5.92 Å². The van der Waals surface area contributed by atoms with Crippen molar-refractivity contribution >= 4 is 11.8 Å². The molecule has 0 aliphatic carbocycles. The predicted molar refractivity (Wildman–Crippen MR) is 84.8 cm³/mol. The minimum Gasteiger partial charge on any atom is -0.465 e. The van der Waals surface area contributed by atoms with Crippen molar-refractivity contribution in [2.45, 2.75) is 18.5 Å². The van der Waals surface area contributed by atoms with Gasteiger partial charge in [0.2, 0.25) is 0 Å². The van der Waals surface area contributed by atoms with Crippen molar-refractivity contribution in [2.75, 3.05) is 11.9 Å². The van der Waals surface area contributed by atoms with Crippen LogP contribution in [0, 0.1) is 5.92 Å². The van der Waals surface area contributed by atoms with Gasteiger partial charge in [-0.25, -0.2) is 4.79 Å². The van der Waals surface area contributed by atoms with Crippen LogP contribution in [0.5, 0.6) is 0 Å². The van der Waals surface area contributed by atoms with Gasteiger partial charge in [0.05, 0.1) is 12.1 Å². The molecule has 1 amide bonds. The third kappa shape index (κ3) is 1.95. The van der Waals surface area contributed by atoms with Gasteiger partial charge in [-0.1, -0.05) is 48.5 Å². The molecule has 2 unspecified atom stereocenters. The van der Waals surface area contributed by atoms with Crippen LogP contribution in [0.3, 0.4) is 0 Å². The molecule has 0 radical (unpaired) electrons. The highest BCUT2D eigenvalue weighted by Gasteiger charge is 2.46. The molecular weight excluding hydrogens is 276 g/mol. The third-order valence-electron chi connectivity index (χ3n) is 4.87. The molecule has 2 aliphatic heterocycles. The molecule has 0 spiro atoms. The van der Waals surface area contributed by atoms with Crippen molar-refractivity contribution in [3.8, 4) is 0 Å². The van der Waals surface area contributed by atoms with Gasteiger partial charge in [0.1, 0.15) is 0 Å². The molecule has 3 atom stereocenters. The molecule has 2 heterocycles. The number of carboxylic acid groups (broad SMARTS) is 1. The normalized spacial score (nSPS) is 26.0. The van der Waals surface area contributed by atoms with Gasteiger partial charge in [0.15, 0.2) is 0 Å². The van der Waals surface area contributed by atoms with Gasteiger partial charge in [0, 0.05) is 18.2 Å². The first-order valence-corrected chi connectivity index (χ1v) is 7.65. The summed E-state index contributed by atoms with van der Waals surface area (Å²) in [6.07, 6.45) is 0.0636. The zero-order valence-electron chi connectivity index (χ0n) is 12.1. The number of nitrogens with zero attached hydrogens (tertiary/aromatic N) is 1. The standard InChI is InChI=1S/C18H18N2O2/c21-18(22)20-11-10-14-16(12-6-2-1-3-7-12)19-15-9-5-4-8-13(15)17(14)20/h1-9,14,16-17,19H,10-11H2,(H,21,22)/t14?,16?,17-/m0/s1. The lowest BCUT2D eigenvalue weighted by molar-refractivity contribution is 0.132. The highest BCUT2D eigenvalue weighted by molar-refractivity contribution is 5.69. The predicted octanol–water partition coefficient (Wildman–Crippen LogP) is 3.89. The van der Waals surface area contributed by atoms with Crippen LogP contribution < -0.4 is 5.32 Å². The number of likely N-dealkylation sites (tertiary alicyclic amines) is 1. The minimum atomic E-state index is -0.823. The summed E-state index contributed by atoms with van der Waals surface area (Å²) in [6, 6.07) is 18.5. The number of benzene rings is 2. The van der Waals surface area contributed by atoms with Crippen LogP contribution in [0.25, 0.3) is 0 Å². The number of nitrogens with one attached hydrogen (secondary N) is 1. The third-order valence-corrected chi connectivity index (χ3v) is 4.87. The molecule has 1 saturated heterocycles. The molecule has 4 heteroatoms. The Morgan fingerprint density at radius 3 is 2.59 bits per heavy atom. The smallest absolute Gasteiger partial charge is 0.407 e. The molecule has 0 bridgehead atoms. The number of para-hydroxylation sites is 1. The van der Waals surface area contributed by atoms with Gasteiger partial charge in [-0.05, 0) is 23.6 Å². The van der Waals surface area contributed by atoms with Gasteiger partial charge in [-0.15, -0.1) is 0 Å². The van der Waals surface area contributed by atoms with Gasteiger partial charge < -0.3 is 15.3 Å². The van der Waals surface area contributed by atoms with E-state index >= 15 is 0 Å². The molecule has 2 N–H and O–H groups in total. The number of fused-ring (bicyclic) bond motifs is 3. The summed E-state index contributed by atoms with van der Waals surface area (Å²) in [5.41, 5.74) is 3.37. The molecule has 0 saturated carbocycles. The molecule has 1 fully saturated rings. The summed E-state index contributed by atoms with van der Waals surface area (Å²) in [6.45, 7) is 0.601. The largest absolute Gasteiger partial charge is 0.465 e. The summed E-state index contributed by atoms with van der Waals surface area (Å²) in [5.74, 6) is 0.272. The molecule has 2 aliphatic rings. The number of rotatable bonds is 1. The van der Waals surface area contributed by atoms with E-state index in [0.29, 0.717) is 6.54 Å². The van der Waals surface area contributed by atoms with Gasteiger partial charge in [-0.3, -0.25) is 0 Å². The first-order chi connectivity index (χ1) is 10.8.